The van der Waals surface area contributed by atoms with Crippen molar-refractivity contribution in [3.63, 3.8) is 0 Å². The van der Waals surface area contributed by atoms with Gasteiger partial charge in [-0.05, 0) is 124 Å². The first-order valence-electron chi connectivity index (χ1n) is 19.7. The number of nitrogens with zero attached hydrogens (tertiary/aromatic N) is 1. The van der Waals surface area contributed by atoms with Gasteiger partial charge in [0.05, 0.1) is 0 Å². The van der Waals surface area contributed by atoms with Gasteiger partial charge in [0.2, 0.25) is 5.89 Å². The number of carbonyl (C=O) groups is 2. The Morgan fingerprint density at radius 2 is 1.07 bits per heavy atom. The predicted molar refractivity (Wildman–Crippen MR) is 236 cm³/mol. The number of hydrogen-bond donors (Lipinski definition) is 6. The summed E-state index contributed by atoms with van der Waals surface area (Å²) >= 11 is 5.86. The van der Waals surface area contributed by atoms with E-state index in [0.717, 1.165) is 85.4 Å². The Morgan fingerprint density at radius 1 is 0.586 bits per heavy atom. The van der Waals surface area contributed by atoms with Crippen LogP contribution in [0.25, 0.3) is 44.1 Å². The molecule has 0 bridgehead atoms. The summed E-state index contributed by atoms with van der Waals surface area (Å²) < 4.78 is 6.44. The number of anilines is 1. The van der Waals surface area contributed by atoms with E-state index in [1.165, 1.54) is 11.1 Å². The van der Waals surface area contributed by atoms with Crippen LogP contribution in [0.3, 0.4) is 0 Å². The molecular formula is C47H45N7O3S. The maximum Gasteiger partial charge on any atom is 0.267 e. The first-order valence-corrected chi connectivity index (χ1v) is 20.1. The van der Waals surface area contributed by atoms with Gasteiger partial charge in [0.15, 0.2) is 10.7 Å². The molecule has 0 fully saturated rings. The van der Waals surface area contributed by atoms with Gasteiger partial charge in [0.1, 0.15) is 16.9 Å². The zero-order valence-electron chi connectivity index (χ0n) is 32.7. The van der Waals surface area contributed by atoms with Crippen LogP contribution in [0, 0.1) is 0 Å². The van der Waals surface area contributed by atoms with E-state index < -0.39 is 0 Å². The molecule has 8 rings (SSSR count). The summed E-state index contributed by atoms with van der Waals surface area (Å²) in [5, 5.41) is 17.9. The minimum Gasteiger partial charge on any atom is -0.435 e. The second kappa shape index (κ2) is 16.8. The summed E-state index contributed by atoms with van der Waals surface area (Å²) in [7, 11) is 0. The Morgan fingerprint density at radius 3 is 1.57 bits per heavy atom. The van der Waals surface area contributed by atoms with Crippen molar-refractivity contribution >= 4 is 67.5 Å². The molecule has 58 heavy (non-hydrogen) atoms. The van der Waals surface area contributed by atoms with Crippen molar-refractivity contribution in [2.45, 2.75) is 59.7 Å². The number of amides is 2. The van der Waals surface area contributed by atoms with Crippen LogP contribution < -0.4 is 21.3 Å². The second-order valence-electron chi connectivity index (χ2n) is 14.1. The molecule has 292 valence electrons. The van der Waals surface area contributed by atoms with Crippen LogP contribution in [0.5, 0.6) is 0 Å². The van der Waals surface area contributed by atoms with Crippen LogP contribution in [0.1, 0.15) is 75.1 Å². The van der Waals surface area contributed by atoms with Gasteiger partial charge in [-0.2, -0.15) is 0 Å². The van der Waals surface area contributed by atoms with Crippen molar-refractivity contribution < 1.29 is 14.0 Å². The highest BCUT2D eigenvalue weighted by Crippen LogP contribution is 2.37. The molecule has 0 radical (unpaired) electrons. The van der Waals surface area contributed by atoms with Gasteiger partial charge >= 0.3 is 0 Å². The number of oxazole rings is 1. The fourth-order valence-electron chi connectivity index (χ4n) is 8.17. The van der Waals surface area contributed by atoms with Crippen LogP contribution in [0.2, 0.25) is 0 Å². The molecule has 3 aromatic heterocycles. The van der Waals surface area contributed by atoms with Crippen LogP contribution in [0.15, 0.2) is 114 Å². The van der Waals surface area contributed by atoms with Crippen molar-refractivity contribution in [1.82, 2.24) is 30.9 Å². The number of rotatable bonds is 13. The molecule has 0 unspecified atom stereocenters. The number of H-pyrrole nitrogens is 2. The Bertz CT molecular complexity index is 2620. The number of aromatic nitrogens is 3. The number of nitrogens with one attached hydrogen (secondary N) is 6. The normalized spacial score (nSPS) is 11.3. The fraction of sp³-hybridized carbons (Fsp3) is 0.191. The maximum absolute atomic E-state index is 13.1. The minimum atomic E-state index is -0.176. The average molecular weight is 788 g/mol. The molecule has 10 nitrogen and oxygen atoms in total. The maximum atomic E-state index is 13.1. The van der Waals surface area contributed by atoms with Gasteiger partial charge in [0.25, 0.3) is 11.8 Å². The van der Waals surface area contributed by atoms with Crippen molar-refractivity contribution in [3.05, 3.63) is 154 Å². The summed E-state index contributed by atoms with van der Waals surface area (Å²) in [6.07, 6.45) is 5.72. The van der Waals surface area contributed by atoms with E-state index in [1.54, 1.807) is 36.7 Å². The highest BCUT2D eigenvalue weighted by Gasteiger charge is 2.23. The lowest BCUT2D eigenvalue weighted by Crippen LogP contribution is -2.31. The molecule has 0 saturated carbocycles. The first kappa shape index (κ1) is 38.2. The van der Waals surface area contributed by atoms with Gasteiger partial charge in [-0.15, -0.1) is 0 Å². The summed E-state index contributed by atoms with van der Waals surface area (Å²) in [5.41, 5.74) is 11.0. The highest BCUT2D eigenvalue weighted by atomic mass is 32.1. The Kier molecular flexibility index (Phi) is 11.0. The third kappa shape index (κ3) is 7.44. The molecule has 11 heteroatoms. The highest BCUT2D eigenvalue weighted by molar-refractivity contribution is 7.80. The lowest BCUT2D eigenvalue weighted by atomic mass is 9.83. The Labute approximate surface area is 341 Å². The van der Waals surface area contributed by atoms with E-state index in [4.69, 9.17) is 21.6 Å². The van der Waals surface area contributed by atoms with Crippen molar-refractivity contribution in [1.29, 1.82) is 0 Å². The number of fused-ring (bicyclic) bond motifs is 6. The number of carbonyl (C=O) groups excluding carboxylic acids is 2. The predicted octanol–water partition coefficient (Wildman–Crippen LogP) is 9.49. The van der Waals surface area contributed by atoms with Crippen molar-refractivity contribution in [2.75, 3.05) is 5.32 Å². The Hall–Kier alpha value is -6.72. The molecule has 3 heterocycles. The van der Waals surface area contributed by atoms with Crippen molar-refractivity contribution in [3.8, 4) is 11.5 Å². The smallest absolute Gasteiger partial charge is 0.267 e. The summed E-state index contributed by atoms with van der Waals surface area (Å²) in [6.45, 7) is 7.56. The molecule has 0 aliphatic carbocycles. The quantitative estimate of drug-likeness (QED) is 0.0506. The molecule has 5 aromatic carbocycles. The fourth-order valence-corrected chi connectivity index (χ4v) is 8.36. The number of aromatic amines is 2. The van der Waals surface area contributed by atoms with Crippen LogP contribution >= 0.6 is 12.2 Å². The second-order valence-corrected chi connectivity index (χ2v) is 14.5. The minimum absolute atomic E-state index is 0.176. The Balaban J connectivity index is 1.04. The number of hydrogen-bond acceptors (Lipinski definition) is 5. The standard InChI is InChI=1S/C47H45N7O3S/c1-4-30-37(25-50-44(55)40-17-11-23-48-40)31(5-2)39(32(6-3)38(30)26-51-45(56)41-18-12-24-49-41)27-52-47(58)53-29-21-19-28(20-22-29)46-54-42-35-15-9-7-13-33(35)34-14-8-10-16-36(34)43(42)57-46/h7-24,48-49H,4-6,25-27H2,1-3H3,(H,50,55)(H,51,56)(H2,52,53,58). The molecule has 0 aliphatic rings. The van der Waals surface area contributed by atoms with Gasteiger partial charge in [0, 0.05) is 54.1 Å². The molecular weight excluding hydrogens is 743 g/mol. The average Bonchev–Trinajstić information content (AvgIpc) is 4.08. The largest absolute Gasteiger partial charge is 0.435 e. The van der Waals surface area contributed by atoms with E-state index >= 15 is 0 Å². The number of thiocarbonyl (C=S) groups is 1. The SMILES string of the molecule is CCc1c(CNC(=O)c2ccc[nH]2)c(CC)c(CNC(=S)Nc2ccc(-c3nc4c5ccccc5c5ccccc5c4o3)cc2)c(CC)c1CNC(=O)c1ccc[nH]1. The van der Waals surface area contributed by atoms with Crippen LogP contribution in [-0.4, -0.2) is 31.9 Å². The lowest BCUT2D eigenvalue weighted by molar-refractivity contribution is 0.0939. The number of benzene rings is 5. The summed E-state index contributed by atoms with van der Waals surface area (Å²) in [4.78, 5) is 37.2. The molecule has 8 aromatic rings. The molecule has 6 N–H and O–H groups in total. The van der Waals surface area contributed by atoms with Gasteiger partial charge in [-0.3, -0.25) is 9.59 Å². The van der Waals surface area contributed by atoms with E-state index in [1.807, 2.05) is 42.5 Å². The van der Waals surface area contributed by atoms with E-state index in [9.17, 15) is 9.59 Å². The molecule has 0 spiro atoms. The van der Waals surface area contributed by atoms with Gasteiger partial charge in [-0.25, -0.2) is 4.98 Å². The summed E-state index contributed by atoms with van der Waals surface area (Å²) in [6, 6.07) is 31.6. The van der Waals surface area contributed by atoms with Crippen LogP contribution in [0.4, 0.5) is 5.69 Å². The summed E-state index contributed by atoms with van der Waals surface area (Å²) in [5.74, 6) is 0.201. The van der Waals surface area contributed by atoms with E-state index in [2.05, 4.69) is 82.3 Å². The van der Waals surface area contributed by atoms with Gasteiger partial charge in [-0.1, -0.05) is 69.3 Å². The molecule has 2 amide bonds. The third-order valence-electron chi connectivity index (χ3n) is 10.9. The topological polar surface area (TPSA) is 140 Å². The molecule has 0 atom stereocenters. The van der Waals surface area contributed by atoms with Crippen molar-refractivity contribution in [2.24, 2.45) is 0 Å². The molecule has 0 saturated heterocycles. The third-order valence-corrected chi connectivity index (χ3v) is 11.1. The first-order chi connectivity index (χ1) is 28.4. The van der Waals surface area contributed by atoms with E-state index in [0.29, 0.717) is 42.0 Å². The zero-order valence-corrected chi connectivity index (χ0v) is 33.5. The zero-order chi connectivity index (χ0) is 40.2. The monoisotopic (exact) mass is 787 g/mol. The van der Waals surface area contributed by atoms with Gasteiger partial charge < -0.3 is 35.7 Å². The lowest BCUT2D eigenvalue weighted by Gasteiger charge is -2.27. The van der Waals surface area contributed by atoms with Crippen LogP contribution in [-0.2, 0) is 38.9 Å². The molecule has 0 aliphatic heterocycles. The van der Waals surface area contributed by atoms with E-state index in [-0.39, 0.29) is 11.8 Å².